The van der Waals surface area contributed by atoms with E-state index in [1.807, 2.05) is 6.92 Å². The molecule has 3 atom stereocenters. The summed E-state index contributed by atoms with van der Waals surface area (Å²) in [4.78, 5) is 0. The summed E-state index contributed by atoms with van der Waals surface area (Å²) in [5.41, 5.74) is 0. The Hall–Kier alpha value is -0.340. The van der Waals surface area contributed by atoms with Crippen molar-refractivity contribution in [3.8, 4) is 0 Å². The van der Waals surface area contributed by atoms with E-state index in [2.05, 4.69) is 6.58 Å². The van der Waals surface area contributed by atoms with Gasteiger partial charge < -0.3 is 10.2 Å². The van der Waals surface area contributed by atoms with Gasteiger partial charge in [-0.3, -0.25) is 0 Å². The van der Waals surface area contributed by atoms with Gasteiger partial charge in [0, 0.05) is 6.42 Å². The Bertz CT molecular complexity index is 185. The van der Waals surface area contributed by atoms with Crippen molar-refractivity contribution in [2.24, 2.45) is 11.8 Å². The molecule has 0 bridgehead atoms. The molecular formula is C13H24O2. The second-order valence-electron chi connectivity index (χ2n) is 4.86. The van der Waals surface area contributed by atoms with Crippen molar-refractivity contribution >= 4 is 0 Å². The van der Waals surface area contributed by atoms with Gasteiger partial charge in [0.25, 0.3) is 0 Å². The molecule has 0 radical (unpaired) electrons. The van der Waals surface area contributed by atoms with Crippen molar-refractivity contribution in [2.75, 3.05) is 0 Å². The lowest BCUT2D eigenvalue weighted by Crippen LogP contribution is -2.29. The average Bonchev–Trinajstić information content (AvgIpc) is 2.29. The fourth-order valence-corrected chi connectivity index (χ4v) is 2.33. The molecule has 88 valence electrons. The Morgan fingerprint density at radius 1 is 1.27 bits per heavy atom. The molecule has 1 fully saturated rings. The molecule has 1 aliphatic rings. The average molecular weight is 212 g/mol. The van der Waals surface area contributed by atoms with E-state index in [1.165, 1.54) is 19.3 Å². The molecular weight excluding hydrogens is 188 g/mol. The first-order chi connectivity index (χ1) is 7.15. The second-order valence-corrected chi connectivity index (χ2v) is 4.86. The highest BCUT2D eigenvalue weighted by Gasteiger charge is 2.25. The number of hydrogen-bond acceptors (Lipinski definition) is 2. The molecule has 2 heteroatoms. The van der Waals surface area contributed by atoms with Crippen molar-refractivity contribution in [1.82, 2.24) is 0 Å². The Morgan fingerprint density at radius 2 is 1.87 bits per heavy atom. The molecule has 0 unspecified atom stereocenters. The van der Waals surface area contributed by atoms with Gasteiger partial charge in [0.1, 0.15) is 0 Å². The number of aliphatic hydroxyl groups excluding tert-OH is 2. The Kier molecular flexibility index (Phi) is 5.34. The molecule has 0 aliphatic heterocycles. The summed E-state index contributed by atoms with van der Waals surface area (Å²) in [6, 6.07) is 0. The van der Waals surface area contributed by atoms with Crippen molar-refractivity contribution in [2.45, 2.75) is 57.7 Å². The molecule has 1 aliphatic carbocycles. The minimum absolute atomic E-state index is 0.0724. The summed E-state index contributed by atoms with van der Waals surface area (Å²) in [6.45, 7) is 5.60. The highest BCUT2D eigenvalue weighted by molar-refractivity contribution is 4.84. The number of aliphatic hydroxyl groups is 2. The third-order valence-corrected chi connectivity index (χ3v) is 3.66. The van der Waals surface area contributed by atoms with Crippen LogP contribution in [-0.2, 0) is 0 Å². The van der Waals surface area contributed by atoms with Crippen LogP contribution in [0.4, 0.5) is 0 Å². The van der Waals surface area contributed by atoms with E-state index in [1.54, 1.807) is 6.08 Å². The van der Waals surface area contributed by atoms with E-state index < -0.39 is 6.10 Å². The van der Waals surface area contributed by atoms with Crippen molar-refractivity contribution < 1.29 is 10.2 Å². The van der Waals surface area contributed by atoms with E-state index >= 15 is 0 Å². The molecule has 0 aromatic carbocycles. The van der Waals surface area contributed by atoms with E-state index in [0.29, 0.717) is 12.3 Å². The molecule has 0 aromatic heterocycles. The zero-order chi connectivity index (χ0) is 11.3. The lowest BCUT2D eigenvalue weighted by atomic mass is 9.82. The first-order valence-corrected chi connectivity index (χ1v) is 6.13. The highest BCUT2D eigenvalue weighted by Crippen LogP contribution is 2.29. The highest BCUT2D eigenvalue weighted by atomic mass is 16.3. The fraction of sp³-hybridized carbons (Fsp3) is 0.846. The Balaban J connectivity index is 2.32. The van der Waals surface area contributed by atoms with Gasteiger partial charge >= 0.3 is 0 Å². The van der Waals surface area contributed by atoms with Gasteiger partial charge in [0.15, 0.2) is 0 Å². The number of hydrogen-bond donors (Lipinski definition) is 2. The normalized spacial score (nSPS) is 24.5. The quantitative estimate of drug-likeness (QED) is 0.687. The standard InChI is InChI=1S/C13H24O2/c1-3-10(2)12(14)9-13(15)11-7-5-4-6-8-11/h3,10-15H,1,4-9H2,2H3/t10-,12-,13+/m1/s1. The molecule has 1 rings (SSSR count). The van der Waals surface area contributed by atoms with Gasteiger partial charge in [-0.25, -0.2) is 0 Å². The largest absolute Gasteiger partial charge is 0.393 e. The topological polar surface area (TPSA) is 40.5 Å². The van der Waals surface area contributed by atoms with Crippen LogP contribution in [0.5, 0.6) is 0 Å². The summed E-state index contributed by atoms with van der Waals surface area (Å²) >= 11 is 0. The molecule has 0 aromatic rings. The fourth-order valence-electron chi connectivity index (χ4n) is 2.33. The predicted octanol–water partition coefficient (Wildman–Crippen LogP) is 2.50. The second kappa shape index (κ2) is 6.29. The monoisotopic (exact) mass is 212 g/mol. The summed E-state index contributed by atoms with van der Waals surface area (Å²) in [5.74, 6) is 0.480. The maximum absolute atomic E-state index is 9.99. The summed E-state index contributed by atoms with van der Waals surface area (Å²) in [5, 5.41) is 19.8. The molecule has 0 spiro atoms. The van der Waals surface area contributed by atoms with Crippen LogP contribution in [0.2, 0.25) is 0 Å². The van der Waals surface area contributed by atoms with Crippen LogP contribution in [0.1, 0.15) is 45.4 Å². The Morgan fingerprint density at radius 3 is 2.40 bits per heavy atom. The maximum atomic E-state index is 9.99. The van der Waals surface area contributed by atoms with Crippen LogP contribution in [0, 0.1) is 11.8 Å². The molecule has 0 heterocycles. The van der Waals surface area contributed by atoms with E-state index in [-0.39, 0.29) is 12.0 Å². The van der Waals surface area contributed by atoms with Crippen LogP contribution in [0.3, 0.4) is 0 Å². The smallest absolute Gasteiger partial charge is 0.0624 e. The van der Waals surface area contributed by atoms with Crippen LogP contribution in [0.15, 0.2) is 12.7 Å². The molecule has 2 N–H and O–H groups in total. The third kappa shape index (κ3) is 3.96. The molecule has 1 saturated carbocycles. The van der Waals surface area contributed by atoms with Crippen LogP contribution >= 0.6 is 0 Å². The minimum atomic E-state index is -0.445. The van der Waals surface area contributed by atoms with Gasteiger partial charge in [0.2, 0.25) is 0 Å². The van der Waals surface area contributed by atoms with Gasteiger partial charge in [-0.05, 0) is 24.7 Å². The molecule has 2 nitrogen and oxygen atoms in total. The molecule has 0 saturated heterocycles. The maximum Gasteiger partial charge on any atom is 0.0624 e. The van der Waals surface area contributed by atoms with E-state index in [4.69, 9.17) is 0 Å². The van der Waals surface area contributed by atoms with Crippen molar-refractivity contribution in [3.63, 3.8) is 0 Å². The number of rotatable bonds is 5. The first-order valence-electron chi connectivity index (χ1n) is 6.13. The lowest BCUT2D eigenvalue weighted by Gasteiger charge is -2.28. The first kappa shape index (κ1) is 12.7. The SMILES string of the molecule is C=C[C@@H](C)[C@H](O)C[C@H](O)C1CCCCC1. The van der Waals surface area contributed by atoms with Crippen molar-refractivity contribution in [1.29, 1.82) is 0 Å². The van der Waals surface area contributed by atoms with Crippen LogP contribution < -0.4 is 0 Å². The van der Waals surface area contributed by atoms with Gasteiger partial charge in [-0.1, -0.05) is 32.3 Å². The van der Waals surface area contributed by atoms with Gasteiger partial charge in [-0.15, -0.1) is 6.58 Å². The third-order valence-electron chi connectivity index (χ3n) is 3.66. The Labute approximate surface area is 93.0 Å². The zero-order valence-electron chi connectivity index (χ0n) is 9.73. The van der Waals surface area contributed by atoms with Crippen LogP contribution in [0.25, 0.3) is 0 Å². The van der Waals surface area contributed by atoms with Gasteiger partial charge in [-0.2, -0.15) is 0 Å². The predicted molar refractivity (Wildman–Crippen MR) is 62.6 cm³/mol. The summed E-state index contributed by atoms with van der Waals surface area (Å²) in [7, 11) is 0. The lowest BCUT2D eigenvalue weighted by molar-refractivity contribution is 0.0192. The molecule has 15 heavy (non-hydrogen) atoms. The van der Waals surface area contributed by atoms with Gasteiger partial charge in [0.05, 0.1) is 12.2 Å². The summed E-state index contributed by atoms with van der Waals surface area (Å²) in [6.07, 6.45) is 7.48. The molecule has 0 amide bonds. The van der Waals surface area contributed by atoms with E-state index in [0.717, 1.165) is 12.8 Å². The van der Waals surface area contributed by atoms with Crippen LogP contribution in [-0.4, -0.2) is 22.4 Å². The zero-order valence-corrected chi connectivity index (χ0v) is 9.73. The minimum Gasteiger partial charge on any atom is -0.393 e. The summed E-state index contributed by atoms with van der Waals surface area (Å²) < 4.78 is 0. The van der Waals surface area contributed by atoms with Crippen molar-refractivity contribution in [3.05, 3.63) is 12.7 Å². The van der Waals surface area contributed by atoms with E-state index in [9.17, 15) is 10.2 Å².